The molecule has 2 unspecified atom stereocenters. The Morgan fingerprint density at radius 2 is 2.15 bits per heavy atom. The number of methoxy groups -OCH3 is 1. The molecule has 0 aromatic heterocycles. The summed E-state index contributed by atoms with van der Waals surface area (Å²) in [5.41, 5.74) is 0.725. The highest BCUT2D eigenvalue weighted by atomic mass is 35.5. The molecule has 0 saturated carbocycles. The Morgan fingerprint density at radius 1 is 1.45 bits per heavy atom. The van der Waals surface area contributed by atoms with Crippen LogP contribution in [0.1, 0.15) is 31.4 Å². The molecule has 1 aromatic carbocycles. The lowest BCUT2D eigenvalue weighted by Gasteiger charge is -2.30. The van der Waals surface area contributed by atoms with E-state index in [1.165, 1.54) is 12.0 Å². The summed E-state index contributed by atoms with van der Waals surface area (Å²) in [4.78, 5) is 25.4. The lowest BCUT2D eigenvalue weighted by atomic mass is 10.1. The molecule has 6 heteroatoms. The first kappa shape index (κ1) is 15.1. The number of likely N-dealkylation sites (tertiary alicyclic amines) is 1. The largest absolute Gasteiger partial charge is 0.467 e. The summed E-state index contributed by atoms with van der Waals surface area (Å²) < 4.78 is 4.76. The molecule has 0 N–H and O–H groups in total. The van der Waals surface area contributed by atoms with Crippen molar-refractivity contribution in [3.63, 3.8) is 0 Å². The van der Waals surface area contributed by atoms with Crippen LogP contribution < -0.4 is 0 Å². The second-order valence-electron chi connectivity index (χ2n) is 4.72. The van der Waals surface area contributed by atoms with Gasteiger partial charge in [0.05, 0.1) is 13.2 Å². The lowest BCUT2D eigenvalue weighted by Crippen LogP contribution is -2.41. The molecule has 1 fully saturated rings. The third-order valence-electron chi connectivity index (χ3n) is 3.55. The number of nitrogens with zero attached hydrogens (tertiary/aromatic N) is 1. The summed E-state index contributed by atoms with van der Waals surface area (Å²) in [6.07, 6.45) is 0.802. The van der Waals surface area contributed by atoms with Crippen LogP contribution in [0, 0.1) is 0 Å². The fraction of sp³-hybridized carbons (Fsp3) is 0.429. The Balaban J connectivity index is 2.34. The second kappa shape index (κ2) is 6.02. The number of carbonyl (C=O) groups excluding carboxylic acids is 2. The van der Waals surface area contributed by atoms with Gasteiger partial charge in [-0.05, 0) is 37.1 Å². The van der Waals surface area contributed by atoms with Crippen molar-refractivity contribution >= 4 is 35.1 Å². The molecule has 0 spiro atoms. The molecule has 108 valence electrons. The fourth-order valence-corrected chi connectivity index (χ4v) is 3.00. The topological polar surface area (TPSA) is 46.6 Å². The first-order valence-electron chi connectivity index (χ1n) is 6.29. The average molecular weight is 316 g/mol. The van der Waals surface area contributed by atoms with E-state index in [2.05, 4.69) is 0 Å². The van der Waals surface area contributed by atoms with Crippen LogP contribution in [0.25, 0.3) is 0 Å². The monoisotopic (exact) mass is 315 g/mol. The minimum Gasteiger partial charge on any atom is -0.467 e. The van der Waals surface area contributed by atoms with E-state index in [0.717, 1.165) is 5.56 Å². The molecule has 0 aliphatic carbocycles. The van der Waals surface area contributed by atoms with E-state index < -0.39 is 12.0 Å². The number of amides is 1. The standard InChI is InChI=1S/C14H15Cl2NO3/c1-8(10-7-9(15)3-4-11(10)16)17-12(14(19)20-2)5-6-13(17)18/h3-4,7-8,12H,5-6H2,1-2H3. The van der Waals surface area contributed by atoms with Gasteiger partial charge in [-0.2, -0.15) is 0 Å². The Morgan fingerprint density at radius 3 is 2.80 bits per heavy atom. The van der Waals surface area contributed by atoms with Gasteiger partial charge in [-0.25, -0.2) is 4.79 Å². The highest BCUT2D eigenvalue weighted by molar-refractivity contribution is 6.33. The molecule has 2 rings (SSSR count). The predicted octanol–water partition coefficient (Wildman–Crippen LogP) is 3.22. The Kier molecular flexibility index (Phi) is 4.55. The van der Waals surface area contributed by atoms with Crippen LogP contribution in [-0.4, -0.2) is 29.9 Å². The van der Waals surface area contributed by atoms with Crippen molar-refractivity contribution < 1.29 is 14.3 Å². The molecule has 1 aliphatic heterocycles. The second-order valence-corrected chi connectivity index (χ2v) is 5.56. The maximum Gasteiger partial charge on any atom is 0.328 e. The van der Waals surface area contributed by atoms with Crippen molar-refractivity contribution in [3.8, 4) is 0 Å². The van der Waals surface area contributed by atoms with Crippen molar-refractivity contribution in [3.05, 3.63) is 33.8 Å². The van der Waals surface area contributed by atoms with E-state index in [4.69, 9.17) is 27.9 Å². The molecule has 2 atom stereocenters. The van der Waals surface area contributed by atoms with E-state index >= 15 is 0 Å². The summed E-state index contributed by atoms with van der Waals surface area (Å²) in [5.74, 6) is -0.482. The van der Waals surface area contributed by atoms with Gasteiger partial charge in [0.2, 0.25) is 5.91 Å². The number of benzene rings is 1. The van der Waals surface area contributed by atoms with Crippen molar-refractivity contribution in [2.24, 2.45) is 0 Å². The number of hydrogen-bond acceptors (Lipinski definition) is 3. The molecule has 1 aliphatic rings. The van der Waals surface area contributed by atoms with Crippen LogP contribution in [-0.2, 0) is 14.3 Å². The van der Waals surface area contributed by atoms with Crippen LogP contribution in [0.3, 0.4) is 0 Å². The Bertz CT molecular complexity index is 547. The Hall–Kier alpha value is -1.26. The summed E-state index contributed by atoms with van der Waals surface area (Å²) in [6, 6.07) is 4.19. The van der Waals surface area contributed by atoms with Crippen molar-refractivity contribution in [2.75, 3.05) is 7.11 Å². The zero-order valence-electron chi connectivity index (χ0n) is 11.2. The normalized spacial score (nSPS) is 20.1. The van der Waals surface area contributed by atoms with Crippen LogP contribution in [0.2, 0.25) is 10.0 Å². The molecule has 1 aromatic rings. The van der Waals surface area contributed by atoms with Crippen molar-refractivity contribution in [1.29, 1.82) is 0 Å². The van der Waals surface area contributed by atoms with E-state index in [-0.39, 0.29) is 11.9 Å². The molecule has 0 radical (unpaired) electrons. The van der Waals surface area contributed by atoms with Crippen LogP contribution in [0.5, 0.6) is 0 Å². The molecular formula is C14H15Cl2NO3. The minimum absolute atomic E-state index is 0.0797. The molecule has 1 heterocycles. The molecule has 4 nitrogen and oxygen atoms in total. The molecule has 1 amide bonds. The quantitative estimate of drug-likeness (QED) is 0.805. The molecule has 20 heavy (non-hydrogen) atoms. The smallest absolute Gasteiger partial charge is 0.328 e. The summed E-state index contributed by atoms with van der Waals surface area (Å²) in [6.45, 7) is 1.83. The van der Waals surface area contributed by atoms with Gasteiger partial charge in [0.15, 0.2) is 0 Å². The van der Waals surface area contributed by atoms with Gasteiger partial charge in [-0.3, -0.25) is 4.79 Å². The third-order valence-corrected chi connectivity index (χ3v) is 4.13. The zero-order valence-corrected chi connectivity index (χ0v) is 12.7. The third kappa shape index (κ3) is 2.76. The first-order valence-corrected chi connectivity index (χ1v) is 7.05. The minimum atomic E-state index is -0.558. The van der Waals surface area contributed by atoms with E-state index in [1.807, 2.05) is 6.92 Å². The zero-order chi connectivity index (χ0) is 14.9. The predicted molar refractivity (Wildman–Crippen MR) is 76.8 cm³/mol. The highest BCUT2D eigenvalue weighted by Gasteiger charge is 2.40. The first-order chi connectivity index (χ1) is 9.45. The lowest BCUT2D eigenvalue weighted by molar-refractivity contribution is -0.150. The Labute approximate surface area is 127 Å². The van der Waals surface area contributed by atoms with Gasteiger partial charge in [0.1, 0.15) is 6.04 Å². The maximum absolute atomic E-state index is 12.1. The van der Waals surface area contributed by atoms with E-state index in [1.54, 1.807) is 18.2 Å². The van der Waals surface area contributed by atoms with Crippen LogP contribution in [0.4, 0.5) is 0 Å². The number of hydrogen-bond donors (Lipinski definition) is 0. The average Bonchev–Trinajstić information content (AvgIpc) is 2.81. The molecular weight excluding hydrogens is 301 g/mol. The van der Waals surface area contributed by atoms with Crippen LogP contribution >= 0.6 is 23.2 Å². The SMILES string of the molecule is COC(=O)C1CCC(=O)N1C(C)c1cc(Cl)ccc1Cl. The number of ether oxygens (including phenoxy) is 1. The van der Waals surface area contributed by atoms with Gasteiger partial charge in [0, 0.05) is 16.5 Å². The van der Waals surface area contributed by atoms with Crippen molar-refractivity contribution in [1.82, 2.24) is 4.90 Å². The number of rotatable bonds is 3. The summed E-state index contributed by atoms with van der Waals surface area (Å²) in [7, 11) is 1.32. The fourth-order valence-electron chi connectivity index (χ4n) is 2.54. The van der Waals surface area contributed by atoms with Gasteiger partial charge in [-0.1, -0.05) is 23.2 Å². The van der Waals surface area contributed by atoms with E-state index in [0.29, 0.717) is 22.9 Å². The number of carbonyl (C=O) groups is 2. The summed E-state index contributed by atoms with van der Waals surface area (Å²) in [5, 5.41) is 1.06. The number of halogens is 2. The maximum atomic E-state index is 12.1. The molecule has 1 saturated heterocycles. The van der Waals surface area contributed by atoms with Crippen LogP contribution in [0.15, 0.2) is 18.2 Å². The van der Waals surface area contributed by atoms with Gasteiger partial charge >= 0.3 is 5.97 Å². The van der Waals surface area contributed by atoms with E-state index in [9.17, 15) is 9.59 Å². The van der Waals surface area contributed by atoms with Gasteiger partial charge in [0.25, 0.3) is 0 Å². The molecule has 0 bridgehead atoms. The van der Waals surface area contributed by atoms with Gasteiger partial charge in [-0.15, -0.1) is 0 Å². The summed E-state index contributed by atoms with van der Waals surface area (Å²) >= 11 is 12.1. The highest BCUT2D eigenvalue weighted by Crippen LogP contribution is 2.35. The van der Waals surface area contributed by atoms with Gasteiger partial charge < -0.3 is 9.64 Å². The number of esters is 1. The van der Waals surface area contributed by atoms with Crippen molar-refractivity contribution in [2.45, 2.75) is 31.8 Å².